The molecule has 8 nitrogen and oxygen atoms in total. The predicted molar refractivity (Wildman–Crippen MR) is 150 cm³/mol. The number of carbonyl (C=O) groups excluding carboxylic acids is 1. The first kappa shape index (κ1) is 25.7. The molecule has 0 saturated carbocycles. The number of hydrogen-bond acceptors (Lipinski definition) is 7. The molecule has 0 fully saturated rings. The van der Waals surface area contributed by atoms with Crippen LogP contribution in [0.5, 0.6) is 17.2 Å². The van der Waals surface area contributed by atoms with E-state index in [4.69, 9.17) is 30.8 Å². The SMILES string of the molecule is COc1ccc(-c2nc3ccccc3c(=O)n2N=Cc2ccc(OC(=O)c3ccc(Cl)cc3)c(OC)c2)cc1. The highest BCUT2D eigenvalue weighted by Gasteiger charge is 2.15. The maximum atomic E-state index is 13.4. The van der Waals surface area contributed by atoms with Gasteiger partial charge in [0, 0.05) is 10.6 Å². The van der Waals surface area contributed by atoms with E-state index < -0.39 is 5.97 Å². The molecule has 0 aliphatic rings. The first-order valence-electron chi connectivity index (χ1n) is 11.8. The summed E-state index contributed by atoms with van der Waals surface area (Å²) in [7, 11) is 3.05. The third-order valence-corrected chi connectivity index (χ3v) is 6.15. The zero-order valence-electron chi connectivity index (χ0n) is 21.0. The summed E-state index contributed by atoms with van der Waals surface area (Å²) in [4.78, 5) is 30.7. The van der Waals surface area contributed by atoms with Gasteiger partial charge in [-0.1, -0.05) is 23.7 Å². The molecule has 5 rings (SSSR count). The van der Waals surface area contributed by atoms with E-state index in [0.717, 1.165) is 0 Å². The summed E-state index contributed by atoms with van der Waals surface area (Å²) in [5.74, 6) is 1.06. The molecule has 0 spiro atoms. The van der Waals surface area contributed by atoms with Gasteiger partial charge in [-0.2, -0.15) is 9.78 Å². The van der Waals surface area contributed by atoms with Gasteiger partial charge in [0.2, 0.25) is 0 Å². The van der Waals surface area contributed by atoms with Crippen LogP contribution >= 0.6 is 11.6 Å². The van der Waals surface area contributed by atoms with Crippen molar-refractivity contribution in [2.75, 3.05) is 14.2 Å². The second-order valence-corrected chi connectivity index (χ2v) is 8.79. The van der Waals surface area contributed by atoms with E-state index in [-0.39, 0.29) is 11.3 Å². The number of rotatable bonds is 7. The van der Waals surface area contributed by atoms with Gasteiger partial charge < -0.3 is 14.2 Å². The number of fused-ring (bicyclic) bond motifs is 1. The van der Waals surface area contributed by atoms with Crippen LogP contribution in [0.3, 0.4) is 0 Å². The standard InChI is InChI=1S/C30H22ClN3O5/c1-37-23-14-10-20(11-15-23)28-33-25-6-4-3-5-24(25)29(35)34(28)32-18-19-7-16-26(27(17-19)38-2)39-30(36)21-8-12-22(31)13-9-21/h3-18H,1-2H3. The Kier molecular flexibility index (Phi) is 7.38. The minimum atomic E-state index is -0.552. The molecule has 0 aliphatic carbocycles. The molecule has 0 atom stereocenters. The summed E-state index contributed by atoms with van der Waals surface area (Å²) >= 11 is 5.90. The van der Waals surface area contributed by atoms with E-state index in [1.807, 2.05) is 18.2 Å². The van der Waals surface area contributed by atoms with Crippen molar-refractivity contribution in [1.29, 1.82) is 0 Å². The van der Waals surface area contributed by atoms with Crippen molar-refractivity contribution in [3.8, 4) is 28.6 Å². The summed E-state index contributed by atoms with van der Waals surface area (Å²) in [6, 6.07) is 25.6. The van der Waals surface area contributed by atoms with Gasteiger partial charge in [0.05, 0.1) is 36.9 Å². The van der Waals surface area contributed by atoms with Gasteiger partial charge in [-0.05, 0) is 84.4 Å². The topological polar surface area (TPSA) is 92.0 Å². The molecule has 1 aromatic heterocycles. The molecular formula is C30H22ClN3O5. The maximum Gasteiger partial charge on any atom is 0.343 e. The van der Waals surface area contributed by atoms with E-state index >= 15 is 0 Å². The maximum absolute atomic E-state index is 13.4. The molecule has 0 aliphatic heterocycles. The fourth-order valence-electron chi connectivity index (χ4n) is 3.88. The normalized spacial score (nSPS) is 11.1. The average Bonchev–Trinajstić information content (AvgIpc) is 2.97. The third kappa shape index (κ3) is 5.51. The Morgan fingerprint density at radius 3 is 2.36 bits per heavy atom. The molecule has 0 radical (unpaired) electrons. The van der Waals surface area contributed by atoms with Crippen molar-refractivity contribution in [1.82, 2.24) is 9.66 Å². The lowest BCUT2D eigenvalue weighted by Gasteiger charge is -2.11. The first-order valence-corrected chi connectivity index (χ1v) is 12.2. The van der Waals surface area contributed by atoms with E-state index in [1.54, 1.807) is 79.9 Å². The molecule has 0 unspecified atom stereocenters. The van der Waals surface area contributed by atoms with Gasteiger partial charge in [-0.25, -0.2) is 9.78 Å². The molecule has 1 heterocycles. The molecule has 0 bridgehead atoms. The van der Waals surface area contributed by atoms with Crippen molar-refractivity contribution in [2.24, 2.45) is 5.10 Å². The number of esters is 1. The lowest BCUT2D eigenvalue weighted by atomic mass is 10.2. The predicted octanol–water partition coefficient (Wildman–Crippen LogP) is 5.84. The van der Waals surface area contributed by atoms with Crippen LogP contribution in [0.2, 0.25) is 5.02 Å². The largest absolute Gasteiger partial charge is 0.497 e. The molecule has 5 aromatic rings. The highest BCUT2D eigenvalue weighted by atomic mass is 35.5. The average molecular weight is 540 g/mol. The van der Waals surface area contributed by atoms with Crippen LogP contribution in [-0.2, 0) is 0 Å². The number of halogens is 1. The summed E-state index contributed by atoms with van der Waals surface area (Å²) in [6.07, 6.45) is 1.51. The van der Waals surface area contributed by atoms with Gasteiger partial charge >= 0.3 is 5.97 Å². The molecule has 39 heavy (non-hydrogen) atoms. The quantitative estimate of drug-likeness (QED) is 0.147. The van der Waals surface area contributed by atoms with Crippen LogP contribution in [0.4, 0.5) is 0 Å². The Balaban J connectivity index is 1.50. The Labute approximate surface area is 228 Å². The van der Waals surface area contributed by atoms with Crippen molar-refractivity contribution < 1.29 is 19.0 Å². The van der Waals surface area contributed by atoms with Crippen LogP contribution < -0.4 is 19.8 Å². The van der Waals surface area contributed by atoms with Gasteiger partial charge in [-0.3, -0.25) is 4.79 Å². The first-order chi connectivity index (χ1) is 19.0. The Morgan fingerprint density at radius 1 is 0.897 bits per heavy atom. The Morgan fingerprint density at radius 2 is 1.64 bits per heavy atom. The Bertz CT molecular complexity index is 1750. The van der Waals surface area contributed by atoms with Crippen LogP contribution in [-0.4, -0.2) is 36.1 Å². The number of carbonyl (C=O) groups is 1. The van der Waals surface area contributed by atoms with Gasteiger partial charge in [0.15, 0.2) is 17.3 Å². The van der Waals surface area contributed by atoms with Crippen LogP contribution in [0, 0.1) is 0 Å². The minimum absolute atomic E-state index is 0.234. The smallest absolute Gasteiger partial charge is 0.343 e. The van der Waals surface area contributed by atoms with Crippen LogP contribution in [0.15, 0.2) is 101 Å². The highest BCUT2D eigenvalue weighted by molar-refractivity contribution is 6.30. The molecule has 0 amide bonds. The third-order valence-electron chi connectivity index (χ3n) is 5.89. The summed E-state index contributed by atoms with van der Waals surface area (Å²) in [5.41, 5.74) is 1.90. The molecular weight excluding hydrogens is 518 g/mol. The van der Waals surface area contributed by atoms with E-state index in [9.17, 15) is 9.59 Å². The van der Waals surface area contributed by atoms with Crippen LogP contribution in [0.1, 0.15) is 15.9 Å². The van der Waals surface area contributed by atoms with Crippen molar-refractivity contribution in [2.45, 2.75) is 0 Å². The number of nitrogens with zero attached hydrogens (tertiary/aromatic N) is 3. The number of aromatic nitrogens is 2. The monoisotopic (exact) mass is 539 g/mol. The molecule has 9 heteroatoms. The number of hydrogen-bond donors (Lipinski definition) is 0. The second-order valence-electron chi connectivity index (χ2n) is 8.35. The van der Waals surface area contributed by atoms with Crippen molar-refractivity contribution in [3.05, 3.63) is 117 Å². The van der Waals surface area contributed by atoms with Crippen molar-refractivity contribution in [3.63, 3.8) is 0 Å². The molecule has 194 valence electrons. The zero-order valence-corrected chi connectivity index (χ0v) is 21.8. The number of para-hydroxylation sites is 1. The fourth-order valence-corrected chi connectivity index (χ4v) is 4.00. The summed E-state index contributed by atoms with van der Waals surface area (Å²) < 4.78 is 17.5. The molecule has 4 aromatic carbocycles. The second kappa shape index (κ2) is 11.2. The zero-order chi connectivity index (χ0) is 27.4. The lowest BCUT2D eigenvalue weighted by Crippen LogP contribution is -2.20. The Hall–Kier alpha value is -4.95. The summed E-state index contributed by atoms with van der Waals surface area (Å²) in [5, 5.41) is 5.43. The van der Waals surface area contributed by atoms with E-state index in [1.165, 1.54) is 18.0 Å². The molecule has 0 saturated heterocycles. The van der Waals surface area contributed by atoms with Gasteiger partial charge in [-0.15, -0.1) is 0 Å². The van der Waals surface area contributed by atoms with Gasteiger partial charge in [0.1, 0.15) is 5.75 Å². The number of benzene rings is 4. The van der Waals surface area contributed by atoms with E-state index in [2.05, 4.69) is 5.10 Å². The summed E-state index contributed by atoms with van der Waals surface area (Å²) in [6.45, 7) is 0. The minimum Gasteiger partial charge on any atom is -0.497 e. The van der Waals surface area contributed by atoms with E-state index in [0.29, 0.717) is 49.9 Å². The highest BCUT2D eigenvalue weighted by Crippen LogP contribution is 2.29. The molecule has 0 N–H and O–H groups in total. The van der Waals surface area contributed by atoms with Crippen LogP contribution in [0.25, 0.3) is 22.3 Å². The number of methoxy groups -OCH3 is 2. The van der Waals surface area contributed by atoms with Gasteiger partial charge in [0.25, 0.3) is 5.56 Å². The lowest BCUT2D eigenvalue weighted by molar-refractivity contribution is 0.0729. The number of ether oxygens (including phenoxy) is 3. The van der Waals surface area contributed by atoms with Crippen molar-refractivity contribution >= 4 is 34.7 Å². The fraction of sp³-hybridized carbons (Fsp3) is 0.0667.